The minimum atomic E-state index is -3.60. The lowest BCUT2D eigenvalue weighted by Crippen LogP contribution is -2.41. The second-order valence-electron chi connectivity index (χ2n) is 7.34. The Balaban J connectivity index is 1.55. The summed E-state index contributed by atoms with van der Waals surface area (Å²) in [5, 5.41) is 0. The van der Waals surface area contributed by atoms with Crippen LogP contribution in [0.5, 0.6) is 0 Å². The molecule has 0 spiro atoms. The van der Waals surface area contributed by atoms with Crippen molar-refractivity contribution < 1.29 is 13.2 Å². The summed E-state index contributed by atoms with van der Waals surface area (Å²) >= 11 is 0. The molecule has 0 aliphatic carbocycles. The standard InChI is InChI=1S/C20H24N4O3S/c1-15-5-7-18(8-6-15)28(26,27)24-12-11-23-14-17(21-20(23)16(24)2)13-19(25)22-9-3-4-10-22/h3-8,14,16H,9-13H2,1-2H3/t16-/m0/s1. The van der Waals surface area contributed by atoms with Crippen molar-refractivity contribution in [3.63, 3.8) is 0 Å². The Morgan fingerprint density at radius 3 is 2.50 bits per heavy atom. The molecule has 1 atom stereocenters. The molecule has 0 saturated heterocycles. The van der Waals surface area contributed by atoms with E-state index >= 15 is 0 Å². The number of fused-ring (bicyclic) bond motifs is 1. The molecule has 7 nitrogen and oxygen atoms in total. The van der Waals surface area contributed by atoms with Crippen LogP contribution in [-0.2, 0) is 27.8 Å². The van der Waals surface area contributed by atoms with Gasteiger partial charge in [-0.1, -0.05) is 29.8 Å². The van der Waals surface area contributed by atoms with E-state index in [0.717, 1.165) is 5.56 Å². The molecular weight excluding hydrogens is 376 g/mol. The van der Waals surface area contributed by atoms with Crippen molar-refractivity contribution in [1.29, 1.82) is 0 Å². The number of nitrogens with zero attached hydrogens (tertiary/aromatic N) is 4. The van der Waals surface area contributed by atoms with Gasteiger partial charge in [-0.05, 0) is 26.0 Å². The van der Waals surface area contributed by atoms with Crippen LogP contribution in [0.1, 0.15) is 30.0 Å². The first-order valence-electron chi connectivity index (χ1n) is 9.43. The highest BCUT2D eigenvalue weighted by atomic mass is 32.2. The van der Waals surface area contributed by atoms with Crippen molar-refractivity contribution in [2.45, 2.75) is 37.8 Å². The first-order chi connectivity index (χ1) is 13.4. The van der Waals surface area contributed by atoms with Crippen molar-refractivity contribution >= 4 is 15.9 Å². The van der Waals surface area contributed by atoms with Crippen molar-refractivity contribution in [3.05, 3.63) is 59.7 Å². The zero-order chi connectivity index (χ0) is 19.9. The molecule has 28 heavy (non-hydrogen) atoms. The molecule has 0 radical (unpaired) electrons. The third kappa shape index (κ3) is 3.38. The summed E-state index contributed by atoms with van der Waals surface area (Å²) in [5.74, 6) is 0.724. The van der Waals surface area contributed by atoms with Crippen molar-refractivity contribution in [3.8, 4) is 0 Å². The van der Waals surface area contributed by atoms with Gasteiger partial charge in [0.05, 0.1) is 23.1 Å². The summed E-state index contributed by atoms with van der Waals surface area (Å²) in [7, 11) is -3.60. The number of imidazole rings is 1. The molecule has 0 N–H and O–H groups in total. The average Bonchev–Trinajstić information content (AvgIpc) is 3.32. The number of carbonyl (C=O) groups excluding carboxylic acids is 1. The lowest BCUT2D eigenvalue weighted by atomic mass is 10.2. The van der Waals surface area contributed by atoms with E-state index in [0.29, 0.717) is 42.6 Å². The van der Waals surface area contributed by atoms with Crippen LogP contribution >= 0.6 is 0 Å². The van der Waals surface area contributed by atoms with Gasteiger partial charge in [-0.2, -0.15) is 4.31 Å². The van der Waals surface area contributed by atoms with Gasteiger partial charge < -0.3 is 9.47 Å². The zero-order valence-corrected chi connectivity index (χ0v) is 16.9. The molecule has 1 aromatic carbocycles. The maximum atomic E-state index is 13.1. The SMILES string of the molecule is Cc1ccc(S(=O)(=O)N2CCn3cc(CC(=O)N4CC=CC4)nc3[C@@H]2C)cc1. The topological polar surface area (TPSA) is 75.5 Å². The van der Waals surface area contributed by atoms with E-state index in [9.17, 15) is 13.2 Å². The Hall–Kier alpha value is -2.45. The first-order valence-corrected chi connectivity index (χ1v) is 10.9. The Kier molecular flexibility index (Phi) is 4.84. The van der Waals surface area contributed by atoms with Crippen LogP contribution in [0.3, 0.4) is 0 Å². The number of benzene rings is 1. The predicted molar refractivity (Wildman–Crippen MR) is 105 cm³/mol. The van der Waals surface area contributed by atoms with Crippen LogP contribution in [0, 0.1) is 6.92 Å². The van der Waals surface area contributed by atoms with Gasteiger partial charge in [-0.15, -0.1) is 0 Å². The van der Waals surface area contributed by atoms with E-state index in [1.165, 1.54) is 4.31 Å². The lowest BCUT2D eigenvalue weighted by Gasteiger charge is -2.32. The maximum Gasteiger partial charge on any atom is 0.243 e. The summed E-state index contributed by atoms with van der Waals surface area (Å²) in [4.78, 5) is 19.0. The highest BCUT2D eigenvalue weighted by molar-refractivity contribution is 7.89. The largest absolute Gasteiger partial charge is 0.335 e. The van der Waals surface area contributed by atoms with Gasteiger partial charge in [-0.25, -0.2) is 13.4 Å². The highest BCUT2D eigenvalue weighted by Crippen LogP contribution is 2.30. The third-order valence-electron chi connectivity index (χ3n) is 5.36. The molecule has 4 rings (SSSR count). The second-order valence-corrected chi connectivity index (χ2v) is 9.23. The fourth-order valence-electron chi connectivity index (χ4n) is 3.74. The van der Waals surface area contributed by atoms with Crippen molar-refractivity contribution in [2.75, 3.05) is 19.6 Å². The third-order valence-corrected chi connectivity index (χ3v) is 7.34. The second kappa shape index (κ2) is 7.18. The quantitative estimate of drug-likeness (QED) is 0.735. The average molecular weight is 401 g/mol. The Morgan fingerprint density at radius 1 is 1.14 bits per heavy atom. The lowest BCUT2D eigenvalue weighted by molar-refractivity contribution is -0.129. The van der Waals surface area contributed by atoms with Gasteiger partial charge in [-0.3, -0.25) is 4.79 Å². The number of aromatic nitrogens is 2. The van der Waals surface area contributed by atoms with Crippen molar-refractivity contribution in [1.82, 2.24) is 18.8 Å². The Morgan fingerprint density at radius 2 is 1.82 bits per heavy atom. The molecule has 2 aliphatic heterocycles. The number of sulfonamides is 1. The van der Waals surface area contributed by atoms with E-state index in [4.69, 9.17) is 0 Å². The summed E-state index contributed by atoms with van der Waals surface area (Å²) in [6.07, 6.45) is 6.07. The molecule has 2 aromatic rings. The predicted octanol–water partition coefficient (Wildman–Crippen LogP) is 1.90. The molecule has 8 heteroatoms. The number of rotatable bonds is 4. The molecule has 148 valence electrons. The van der Waals surface area contributed by atoms with E-state index in [1.54, 1.807) is 29.2 Å². The van der Waals surface area contributed by atoms with Crippen LogP contribution in [0.25, 0.3) is 0 Å². The van der Waals surface area contributed by atoms with Gasteiger partial charge in [0.2, 0.25) is 15.9 Å². The van der Waals surface area contributed by atoms with Gasteiger partial charge >= 0.3 is 0 Å². The Labute approximate surface area is 165 Å². The molecule has 3 heterocycles. The molecule has 0 saturated carbocycles. The van der Waals surface area contributed by atoms with E-state index in [-0.39, 0.29) is 12.3 Å². The monoisotopic (exact) mass is 400 g/mol. The molecule has 0 fully saturated rings. The number of carbonyl (C=O) groups is 1. The summed E-state index contributed by atoms with van der Waals surface area (Å²) in [6, 6.07) is 6.51. The molecular formula is C20H24N4O3S. The smallest absolute Gasteiger partial charge is 0.243 e. The zero-order valence-electron chi connectivity index (χ0n) is 16.1. The maximum absolute atomic E-state index is 13.1. The first kappa shape index (κ1) is 18.9. The Bertz CT molecular complexity index is 1020. The van der Waals surface area contributed by atoms with Gasteiger partial charge in [0.1, 0.15) is 5.82 Å². The number of amides is 1. The van der Waals surface area contributed by atoms with Crippen LogP contribution < -0.4 is 0 Å². The molecule has 0 bridgehead atoms. The molecule has 1 amide bonds. The van der Waals surface area contributed by atoms with Gasteiger partial charge in [0.15, 0.2) is 0 Å². The minimum absolute atomic E-state index is 0.0391. The molecule has 0 unspecified atom stereocenters. The fraction of sp³-hybridized carbons (Fsp3) is 0.400. The van der Waals surface area contributed by atoms with E-state index < -0.39 is 16.1 Å². The normalized spacial score (nSPS) is 19.8. The van der Waals surface area contributed by atoms with Crippen LogP contribution in [-0.4, -0.2) is 52.7 Å². The number of hydrogen-bond donors (Lipinski definition) is 0. The summed E-state index contributed by atoms with van der Waals surface area (Å²) in [5.41, 5.74) is 1.71. The molecule has 2 aliphatic rings. The highest BCUT2D eigenvalue weighted by Gasteiger charge is 2.35. The van der Waals surface area contributed by atoms with Gasteiger partial charge in [0, 0.05) is 32.4 Å². The van der Waals surface area contributed by atoms with E-state index in [1.807, 2.05) is 36.8 Å². The van der Waals surface area contributed by atoms with Crippen molar-refractivity contribution in [2.24, 2.45) is 0 Å². The fourth-order valence-corrected chi connectivity index (χ4v) is 5.32. The number of hydrogen-bond acceptors (Lipinski definition) is 4. The van der Waals surface area contributed by atoms with Crippen LogP contribution in [0.4, 0.5) is 0 Å². The van der Waals surface area contributed by atoms with Crippen LogP contribution in [0.15, 0.2) is 47.5 Å². The van der Waals surface area contributed by atoms with Gasteiger partial charge in [0.25, 0.3) is 0 Å². The molecule has 1 aromatic heterocycles. The minimum Gasteiger partial charge on any atom is -0.335 e. The van der Waals surface area contributed by atoms with E-state index in [2.05, 4.69) is 4.98 Å². The summed E-state index contributed by atoms with van der Waals surface area (Å²) < 4.78 is 29.7. The number of aryl methyl sites for hydroxylation is 1. The summed E-state index contributed by atoms with van der Waals surface area (Å²) in [6.45, 7) is 5.97. The van der Waals surface area contributed by atoms with Crippen LogP contribution in [0.2, 0.25) is 0 Å².